The Morgan fingerprint density at radius 2 is 1.68 bits per heavy atom. The van der Waals surface area contributed by atoms with Crippen LogP contribution in [0.1, 0.15) is 17.3 Å². The van der Waals surface area contributed by atoms with E-state index < -0.39 is 38.4 Å². The molecule has 4 N–H and O–H groups in total. The van der Waals surface area contributed by atoms with Gasteiger partial charge in [0, 0.05) is 24.1 Å². The summed E-state index contributed by atoms with van der Waals surface area (Å²) < 4.78 is 63.3. The van der Waals surface area contributed by atoms with Crippen LogP contribution in [0.2, 0.25) is 0 Å². The van der Waals surface area contributed by atoms with Crippen molar-refractivity contribution < 1.29 is 34.2 Å². The summed E-state index contributed by atoms with van der Waals surface area (Å²) in [4.78, 5) is 21.8. The van der Waals surface area contributed by atoms with Crippen molar-refractivity contribution in [2.75, 3.05) is 13.1 Å². The van der Waals surface area contributed by atoms with Crippen LogP contribution in [-0.2, 0) is 4.79 Å². The molecule has 142 valence electrons. The lowest BCUT2D eigenvalue weighted by atomic mass is 9.76. The summed E-state index contributed by atoms with van der Waals surface area (Å²) in [7, 11) is -9.82. The molecule has 6 nitrogen and oxygen atoms in total. The van der Waals surface area contributed by atoms with Gasteiger partial charge in [-0.2, -0.15) is 0 Å². The van der Waals surface area contributed by atoms with Crippen LogP contribution in [0.25, 0.3) is 0 Å². The second kappa shape index (κ2) is 5.29. The van der Waals surface area contributed by atoms with Crippen LogP contribution in [0.15, 0.2) is 29.2 Å². The summed E-state index contributed by atoms with van der Waals surface area (Å²) in [5.41, 5.74) is 0.359. The maximum Gasteiger partial charge on any atom is 0.310 e. The van der Waals surface area contributed by atoms with E-state index in [4.69, 9.17) is 5.21 Å². The molecule has 1 atom stereocenters. The van der Waals surface area contributed by atoms with Crippen LogP contribution in [0, 0.1) is 5.41 Å². The van der Waals surface area contributed by atoms with E-state index in [0.29, 0.717) is 25.2 Å². The maximum absolute atomic E-state index is 12.7. The fourth-order valence-corrected chi connectivity index (χ4v) is 3.07. The van der Waals surface area contributed by atoms with Gasteiger partial charge < -0.3 is 10.6 Å². The minimum atomic E-state index is -9.82. The van der Waals surface area contributed by atoms with Crippen LogP contribution >= 0.6 is 10.2 Å². The minimum Gasteiger partial charge on any atom is -0.340 e. The lowest BCUT2D eigenvalue weighted by Crippen LogP contribution is -2.66. The summed E-state index contributed by atoms with van der Waals surface area (Å²) in [6, 6.07) is 0.255. The molecule has 1 aromatic rings. The predicted octanol–water partition coefficient (Wildman–Crippen LogP) is 2.56. The Hall–Kier alpha value is -1.92. The second-order valence-electron chi connectivity index (χ2n) is 6.13. The van der Waals surface area contributed by atoms with Crippen molar-refractivity contribution in [1.82, 2.24) is 16.1 Å². The van der Waals surface area contributed by atoms with Gasteiger partial charge in [-0.3, -0.25) is 14.8 Å². The third kappa shape index (κ3) is 4.19. The third-order valence-electron chi connectivity index (χ3n) is 3.96. The van der Waals surface area contributed by atoms with E-state index in [0.717, 1.165) is 0 Å². The van der Waals surface area contributed by atoms with Gasteiger partial charge in [-0.15, -0.1) is 0 Å². The number of hydroxylamine groups is 1. The van der Waals surface area contributed by atoms with E-state index in [-0.39, 0.29) is 17.7 Å². The Kier molecular flexibility index (Phi) is 4.10. The van der Waals surface area contributed by atoms with Crippen molar-refractivity contribution in [3.8, 4) is 0 Å². The maximum atomic E-state index is 12.7. The molecule has 1 aliphatic rings. The van der Waals surface area contributed by atoms with Crippen LogP contribution < -0.4 is 16.1 Å². The highest BCUT2D eigenvalue weighted by atomic mass is 32.5. The van der Waals surface area contributed by atoms with E-state index >= 15 is 0 Å². The Bertz CT molecular complexity index is 704. The second-order valence-corrected chi connectivity index (χ2v) is 8.54. The van der Waals surface area contributed by atoms with Crippen LogP contribution in [0.5, 0.6) is 0 Å². The molecule has 2 amide bonds. The first-order valence-corrected chi connectivity index (χ1v) is 8.91. The molecule has 25 heavy (non-hydrogen) atoms. The number of halogens is 5. The largest absolute Gasteiger partial charge is 0.340 e. The molecule has 1 aliphatic heterocycles. The van der Waals surface area contributed by atoms with Gasteiger partial charge in [0.1, 0.15) is 10.9 Å². The van der Waals surface area contributed by atoms with Crippen molar-refractivity contribution in [3.63, 3.8) is 0 Å². The first-order valence-electron chi connectivity index (χ1n) is 6.96. The number of carbonyl (C=O) groups excluding carboxylic acids is 2. The lowest BCUT2D eigenvalue weighted by Gasteiger charge is -2.44. The third-order valence-corrected chi connectivity index (χ3v) is 5.13. The zero-order valence-electron chi connectivity index (χ0n) is 12.9. The van der Waals surface area contributed by atoms with Gasteiger partial charge in [-0.05, 0) is 24.3 Å². The zero-order chi connectivity index (χ0) is 19.2. The fourth-order valence-electron chi connectivity index (χ4n) is 2.42. The topological polar surface area (TPSA) is 90.5 Å². The normalized spacial score (nSPS) is 20.4. The van der Waals surface area contributed by atoms with Gasteiger partial charge in [0.05, 0.1) is 0 Å². The summed E-state index contributed by atoms with van der Waals surface area (Å²) >= 11 is 0. The first kappa shape index (κ1) is 19.4. The van der Waals surface area contributed by atoms with Crippen LogP contribution in [0.4, 0.5) is 19.4 Å². The molecule has 0 unspecified atom stereocenters. The molecule has 0 spiro atoms. The Balaban J connectivity index is 2.22. The monoisotopic (exact) mass is 389 g/mol. The van der Waals surface area contributed by atoms with Gasteiger partial charge in [0.2, 0.25) is 0 Å². The number of amides is 2. The van der Waals surface area contributed by atoms with Crippen molar-refractivity contribution in [2.45, 2.75) is 17.9 Å². The summed E-state index contributed by atoms with van der Waals surface area (Å²) in [6.45, 7) is 2.37. The van der Waals surface area contributed by atoms with Crippen molar-refractivity contribution >= 4 is 22.0 Å². The number of hydrogen-bond acceptors (Lipinski definition) is 4. The highest BCUT2D eigenvalue weighted by molar-refractivity contribution is 8.45. The molecule has 2 rings (SSSR count). The smallest absolute Gasteiger partial charge is 0.310 e. The molecule has 1 fully saturated rings. The average Bonchev–Trinajstić information content (AvgIpc) is 2.47. The molecule has 0 aliphatic carbocycles. The Morgan fingerprint density at radius 3 is 2.04 bits per heavy atom. The zero-order valence-corrected chi connectivity index (χ0v) is 13.7. The van der Waals surface area contributed by atoms with E-state index in [1.807, 2.05) is 0 Å². The number of nitrogens with one attached hydrogen (secondary N) is 3. The number of hydrogen-bond donors (Lipinski definition) is 4. The Morgan fingerprint density at radius 1 is 1.16 bits per heavy atom. The van der Waals surface area contributed by atoms with Crippen molar-refractivity contribution in [3.05, 3.63) is 29.8 Å². The number of rotatable bonds is 5. The molecule has 0 bridgehead atoms. The van der Waals surface area contributed by atoms with E-state index in [1.54, 1.807) is 6.92 Å². The first-order chi connectivity index (χ1) is 11.2. The fraction of sp³-hybridized carbons (Fsp3) is 0.385. The average molecular weight is 389 g/mol. The summed E-state index contributed by atoms with van der Waals surface area (Å²) in [5.74, 6) is -1.84. The summed E-state index contributed by atoms with van der Waals surface area (Å²) in [6.07, 6.45) is 0. The highest BCUT2D eigenvalue weighted by Gasteiger charge is 2.65. The number of carbonyl (C=O) groups is 2. The van der Waals surface area contributed by atoms with E-state index in [1.165, 1.54) is 5.48 Å². The van der Waals surface area contributed by atoms with E-state index in [9.17, 15) is 29.0 Å². The van der Waals surface area contributed by atoms with Gasteiger partial charge in [0.15, 0.2) is 0 Å². The molecular weight excluding hydrogens is 373 g/mol. The quantitative estimate of drug-likeness (QED) is 0.354. The predicted molar refractivity (Wildman–Crippen MR) is 80.0 cm³/mol. The SMILES string of the molecule is CC1([C@H](NC(=O)c2ccc(S(F)(F)(F)(F)F)cc2)C(=O)NO)CNC1. The molecule has 0 saturated carbocycles. The molecule has 0 radical (unpaired) electrons. The van der Waals surface area contributed by atoms with Crippen LogP contribution in [0.3, 0.4) is 0 Å². The standard InChI is InChI=1S/C13H16F5N3O3S/c1-13(6-19-7-13)10(12(23)21-24)20-11(22)8-2-4-9(5-3-8)25(14,15,16,17)18/h2-5,10,19,24H,6-7H2,1H3,(H,20,22)(H,21,23)/t10-/m1/s1. The molecule has 1 aromatic carbocycles. The Labute approximate surface area is 139 Å². The molecule has 12 heteroatoms. The van der Waals surface area contributed by atoms with Crippen LogP contribution in [-0.4, -0.2) is 36.2 Å². The van der Waals surface area contributed by atoms with Crippen molar-refractivity contribution in [2.24, 2.45) is 5.41 Å². The molecule has 1 saturated heterocycles. The van der Waals surface area contributed by atoms with Crippen molar-refractivity contribution in [1.29, 1.82) is 0 Å². The molecular formula is C13H16F5N3O3S. The highest BCUT2D eigenvalue weighted by Crippen LogP contribution is 3.02. The van der Waals surface area contributed by atoms with Gasteiger partial charge in [0.25, 0.3) is 11.8 Å². The minimum absolute atomic E-state index is 0.115. The number of benzene rings is 1. The van der Waals surface area contributed by atoms with E-state index in [2.05, 4.69) is 10.6 Å². The lowest BCUT2D eigenvalue weighted by molar-refractivity contribution is -0.135. The molecule has 0 aromatic heterocycles. The summed E-state index contributed by atoms with van der Waals surface area (Å²) in [5, 5.41) is 14.0. The molecule has 1 heterocycles. The van der Waals surface area contributed by atoms with Gasteiger partial charge in [-0.25, -0.2) is 5.48 Å². The van der Waals surface area contributed by atoms with Gasteiger partial charge in [-0.1, -0.05) is 26.4 Å². The van der Waals surface area contributed by atoms with Gasteiger partial charge >= 0.3 is 10.2 Å².